The number of fused-ring (bicyclic) bond motifs is 1. The third-order valence-electron chi connectivity index (χ3n) is 8.00. The number of rotatable bonds is 9. The molecule has 1 aliphatic heterocycles. The summed E-state index contributed by atoms with van der Waals surface area (Å²) in [5.41, 5.74) is 2.56. The van der Waals surface area contributed by atoms with E-state index in [9.17, 15) is 40.2 Å². The number of hydrogen-bond donors (Lipinski definition) is 6. The third kappa shape index (κ3) is 8.48. The molecule has 1 fully saturated rings. The topological polar surface area (TPSA) is 192 Å². The molecule has 248 valence electrons. The second-order valence-corrected chi connectivity index (χ2v) is 11.5. The van der Waals surface area contributed by atoms with Gasteiger partial charge in [-0.05, 0) is 77.9 Å². The molecule has 1 saturated heterocycles. The molecule has 2 aliphatic rings. The minimum Gasteiger partial charge on any atom is -0.508 e. The van der Waals surface area contributed by atoms with Gasteiger partial charge < -0.3 is 49.6 Å². The van der Waals surface area contributed by atoms with Crippen molar-refractivity contribution in [2.45, 2.75) is 62.5 Å². The molecule has 1 heterocycles. The lowest BCUT2D eigenvalue weighted by Gasteiger charge is -2.43. The van der Waals surface area contributed by atoms with Gasteiger partial charge in [0.2, 0.25) is 0 Å². The van der Waals surface area contributed by atoms with Crippen LogP contribution >= 0.6 is 0 Å². The maximum atomic E-state index is 12.8. The summed E-state index contributed by atoms with van der Waals surface area (Å²) >= 11 is 0. The quantitative estimate of drug-likeness (QED) is 0.147. The molecule has 0 aromatic heterocycles. The standard InChI is InChI=1S/C35H36O12/c1-19-14-26(16-22-15-25(38)17-27(39)31(19)22)45-35-33(43)32(42)34(47-30(41)13-7-21-4-10-24(37)11-5-21)28(46-35)18-44-29(40)12-6-20-2-8-23(36)9-3-20/h2-13,15,17,19,26,28,32-39,42-43H,14,16,18H2,1H3/b12-6+,13-7+/t19-,26+,28-,32-,33-,34-,35-/m0/s1. The number of ether oxygens (including phenoxy) is 4. The zero-order valence-corrected chi connectivity index (χ0v) is 25.4. The van der Waals surface area contributed by atoms with Gasteiger partial charge in [0.15, 0.2) is 12.4 Å². The average Bonchev–Trinajstić information content (AvgIpc) is 3.02. The van der Waals surface area contributed by atoms with Crippen LogP contribution < -0.4 is 0 Å². The number of aromatic hydroxyl groups is 4. The Morgan fingerprint density at radius 1 is 0.830 bits per heavy atom. The zero-order chi connectivity index (χ0) is 33.7. The van der Waals surface area contributed by atoms with E-state index in [1.807, 2.05) is 6.92 Å². The Balaban J connectivity index is 1.30. The van der Waals surface area contributed by atoms with Crippen molar-refractivity contribution in [1.82, 2.24) is 0 Å². The van der Waals surface area contributed by atoms with Crippen molar-refractivity contribution < 1.29 is 59.2 Å². The number of benzene rings is 3. The summed E-state index contributed by atoms with van der Waals surface area (Å²) in [5, 5.41) is 61.4. The van der Waals surface area contributed by atoms with Crippen LogP contribution in [0.25, 0.3) is 12.2 Å². The summed E-state index contributed by atoms with van der Waals surface area (Å²) in [4.78, 5) is 25.3. The minimum absolute atomic E-state index is 0.0271. The van der Waals surface area contributed by atoms with Crippen molar-refractivity contribution in [2.24, 2.45) is 0 Å². The van der Waals surface area contributed by atoms with Crippen molar-refractivity contribution in [2.75, 3.05) is 6.61 Å². The summed E-state index contributed by atoms with van der Waals surface area (Å²) in [6, 6.07) is 14.9. The fraction of sp³-hybridized carbons (Fsp3) is 0.314. The van der Waals surface area contributed by atoms with E-state index < -0.39 is 55.4 Å². The molecule has 3 aromatic carbocycles. The van der Waals surface area contributed by atoms with Gasteiger partial charge >= 0.3 is 11.9 Å². The lowest BCUT2D eigenvalue weighted by Crippen LogP contribution is -2.61. The van der Waals surface area contributed by atoms with Crippen LogP contribution in [0.2, 0.25) is 0 Å². The molecule has 12 nitrogen and oxygen atoms in total. The van der Waals surface area contributed by atoms with Gasteiger partial charge in [0.25, 0.3) is 0 Å². The maximum absolute atomic E-state index is 12.8. The van der Waals surface area contributed by atoms with E-state index in [2.05, 4.69) is 0 Å². The van der Waals surface area contributed by atoms with E-state index >= 15 is 0 Å². The predicted octanol–water partition coefficient (Wildman–Crippen LogP) is 3.27. The van der Waals surface area contributed by atoms with Crippen LogP contribution in [0, 0.1) is 0 Å². The molecule has 0 bridgehead atoms. The van der Waals surface area contributed by atoms with E-state index in [0.29, 0.717) is 28.7 Å². The first-order valence-electron chi connectivity index (χ1n) is 15.0. The number of esters is 2. The monoisotopic (exact) mass is 648 g/mol. The van der Waals surface area contributed by atoms with Gasteiger partial charge in [0.05, 0.1) is 6.10 Å². The molecule has 12 heteroatoms. The number of phenolic OH excluding ortho intramolecular Hbond substituents is 4. The Morgan fingerprint density at radius 3 is 2.04 bits per heavy atom. The van der Waals surface area contributed by atoms with Crippen molar-refractivity contribution in [1.29, 1.82) is 0 Å². The van der Waals surface area contributed by atoms with Gasteiger partial charge in [-0.25, -0.2) is 9.59 Å². The lowest BCUT2D eigenvalue weighted by atomic mass is 9.81. The SMILES string of the molecule is C[C@H]1C[C@@H](O[C@H]2O[C@@H](COC(=O)/C=C/c3ccc(O)cc3)[C@H](OC(=O)/C=C/c3ccc(O)cc3)[C@@H](O)[C@@H]2O)Cc2cc(O)cc(O)c21. The first-order valence-corrected chi connectivity index (χ1v) is 15.0. The van der Waals surface area contributed by atoms with Gasteiger partial charge in [-0.1, -0.05) is 31.2 Å². The fourth-order valence-electron chi connectivity index (χ4n) is 5.74. The van der Waals surface area contributed by atoms with Crippen LogP contribution in [-0.4, -0.2) is 86.0 Å². The van der Waals surface area contributed by atoms with E-state index in [1.54, 1.807) is 24.3 Å². The first kappa shape index (κ1) is 33.5. The summed E-state index contributed by atoms with van der Waals surface area (Å²) in [7, 11) is 0. The molecule has 0 radical (unpaired) electrons. The minimum atomic E-state index is -1.70. The van der Waals surface area contributed by atoms with Crippen LogP contribution in [0.5, 0.6) is 23.0 Å². The molecule has 6 N–H and O–H groups in total. The smallest absolute Gasteiger partial charge is 0.331 e. The van der Waals surface area contributed by atoms with Crippen molar-refractivity contribution >= 4 is 24.1 Å². The Bertz CT molecular complexity index is 1610. The predicted molar refractivity (Wildman–Crippen MR) is 167 cm³/mol. The number of hydrogen-bond acceptors (Lipinski definition) is 12. The number of phenols is 4. The third-order valence-corrected chi connectivity index (χ3v) is 8.00. The summed E-state index contributed by atoms with van der Waals surface area (Å²) < 4.78 is 22.9. The Morgan fingerprint density at radius 2 is 1.43 bits per heavy atom. The number of carbonyl (C=O) groups excluding carboxylic acids is 2. The van der Waals surface area contributed by atoms with E-state index in [4.69, 9.17) is 18.9 Å². The van der Waals surface area contributed by atoms with Crippen LogP contribution in [0.1, 0.15) is 41.5 Å². The van der Waals surface area contributed by atoms with Crippen LogP contribution in [0.3, 0.4) is 0 Å². The highest BCUT2D eigenvalue weighted by Gasteiger charge is 2.48. The molecule has 47 heavy (non-hydrogen) atoms. The molecular formula is C35H36O12. The van der Waals surface area contributed by atoms with Gasteiger partial charge in [-0.15, -0.1) is 0 Å². The van der Waals surface area contributed by atoms with E-state index in [0.717, 1.165) is 12.2 Å². The largest absolute Gasteiger partial charge is 0.508 e. The van der Waals surface area contributed by atoms with Crippen LogP contribution in [0.4, 0.5) is 0 Å². The molecule has 7 atom stereocenters. The number of carbonyl (C=O) groups is 2. The van der Waals surface area contributed by atoms with E-state index in [1.165, 1.54) is 48.6 Å². The zero-order valence-electron chi connectivity index (χ0n) is 25.4. The highest BCUT2D eigenvalue weighted by atomic mass is 16.7. The van der Waals surface area contributed by atoms with E-state index in [-0.39, 0.29) is 35.3 Å². The molecule has 5 rings (SSSR count). The summed E-state index contributed by atoms with van der Waals surface area (Å²) in [6.45, 7) is 1.40. The van der Waals surface area contributed by atoms with Crippen molar-refractivity contribution in [3.05, 3.63) is 95.1 Å². The number of aliphatic hydroxyl groups is 2. The Hall–Kier alpha value is -4.88. The molecule has 3 aromatic rings. The molecule has 0 unspecified atom stereocenters. The first-order chi connectivity index (χ1) is 22.5. The highest BCUT2D eigenvalue weighted by molar-refractivity contribution is 5.87. The Labute approximate surface area is 270 Å². The fourth-order valence-corrected chi connectivity index (χ4v) is 5.74. The highest BCUT2D eigenvalue weighted by Crippen LogP contribution is 2.41. The molecule has 0 spiro atoms. The molecule has 0 saturated carbocycles. The summed E-state index contributed by atoms with van der Waals surface area (Å²) in [6.07, 6.45) is -2.18. The van der Waals surface area contributed by atoms with Crippen molar-refractivity contribution in [3.8, 4) is 23.0 Å². The molecular weight excluding hydrogens is 612 g/mol. The second-order valence-electron chi connectivity index (χ2n) is 11.5. The second kappa shape index (κ2) is 14.7. The Kier molecular flexibility index (Phi) is 10.5. The maximum Gasteiger partial charge on any atom is 0.331 e. The molecule has 1 aliphatic carbocycles. The van der Waals surface area contributed by atoms with Gasteiger partial charge in [-0.2, -0.15) is 0 Å². The molecule has 0 amide bonds. The van der Waals surface area contributed by atoms with Crippen LogP contribution in [-0.2, 0) is 35.0 Å². The van der Waals surface area contributed by atoms with Gasteiger partial charge in [0.1, 0.15) is 47.9 Å². The van der Waals surface area contributed by atoms with Crippen molar-refractivity contribution in [3.63, 3.8) is 0 Å². The van der Waals surface area contributed by atoms with Gasteiger partial charge in [-0.3, -0.25) is 0 Å². The average molecular weight is 649 g/mol. The lowest BCUT2D eigenvalue weighted by molar-refractivity contribution is -0.313. The summed E-state index contributed by atoms with van der Waals surface area (Å²) in [5.74, 6) is -1.83. The normalized spacial score (nSPS) is 25.8. The van der Waals surface area contributed by atoms with Crippen LogP contribution in [0.15, 0.2) is 72.8 Å². The number of aliphatic hydroxyl groups excluding tert-OH is 2. The van der Waals surface area contributed by atoms with Gasteiger partial charge in [0, 0.05) is 23.8 Å².